The zero-order valence-electron chi connectivity index (χ0n) is 13.5. The van der Waals surface area contributed by atoms with Gasteiger partial charge in [-0.25, -0.2) is 4.90 Å². The van der Waals surface area contributed by atoms with E-state index in [0.29, 0.717) is 27.4 Å². The van der Waals surface area contributed by atoms with Crippen molar-refractivity contribution < 1.29 is 14.4 Å². The lowest BCUT2D eigenvalue weighted by Crippen LogP contribution is -2.29. The first-order valence-electron chi connectivity index (χ1n) is 7.94. The van der Waals surface area contributed by atoms with Crippen LogP contribution in [-0.2, 0) is 0 Å². The first-order chi connectivity index (χ1) is 12.6. The van der Waals surface area contributed by atoms with Crippen LogP contribution in [0.4, 0.5) is 5.69 Å². The van der Waals surface area contributed by atoms with Gasteiger partial charge in [0.2, 0.25) is 0 Å². The Kier molecular flexibility index (Phi) is 3.90. The van der Waals surface area contributed by atoms with Gasteiger partial charge in [0.05, 0.1) is 16.8 Å². The quantitative estimate of drug-likeness (QED) is 0.514. The van der Waals surface area contributed by atoms with E-state index < -0.39 is 11.8 Å². The van der Waals surface area contributed by atoms with Gasteiger partial charge in [-0.05, 0) is 42.5 Å². The van der Waals surface area contributed by atoms with Crippen LogP contribution in [0.15, 0.2) is 72.8 Å². The van der Waals surface area contributed by atoms with Crippen molar-refractivity contribution >= 4 is 34.9 Å². The number of imide groups is 1. The van der Waals surface area contributed by atoms with Crippen LogP contribution in [-0.4, -0.2) is 17.6 Å². The average molecular weight is 362 g/mol. The number of nitrogens with zero attached hydrogens (tertiary/aromatic N) is 1. The monoisotopic (exact) mass is 361 g/mol. The van der Waals surface area contributed by atoms with Gasteiger partial charge < -0.3 is 0 Å². The van der Waals surface area contributed by atoms with Crippen molar-refractivity contribution in [1.29, 1.82) is 0 Å². The molecule has 0 atom stereocenters. The van der Waals surface area contributed by atoms with Crippen LogP contribution in [0.25, 0.3) is 0 Å². The van der Waals surface area contributed by atoms with Crippen LogP contribution < -0.4 is 4.90 Å². The number of hydrogen-bond donors (Lipinski definition) is 0. The molecular weight excluding hydrogens is 350 g/mol. The highest BCUT2D eigenvalue weighted by Crippen LogP contribution is 2.30. The number of rotatable bonds is 3. The van der Waals surface area contributed by atoms with Crippen molar-refractivity contribution in [2.75, 3.05) is 4.90 Å². The highest BCUT2D eigenvalue weighted by Gasteiger charge is 2.36. The molecule has 126 valence electrons. The fourth-order valence-electron chi connectivity index (χ4n) is 2.97. The Balaban J connectivity index is 1.65. The number of amides is 2. The van der Waals surface area contributed by atoms with E-state index in [4.69, 9.17) is 11.6 Å². The molecule has 5 heteroatoms. The summed E-state index contributed by atoms with van der Waals surface area (Å²) in [6.45, 7) is 0. The second-order valence-electron chi connectivity index (χ2n) is 5.88. The Hall–Kier alpha value is -3.24. The summed E-state index contributed by atoms with van der Waals surface area (Å²) in [6, 6.07) is 20.0. The smallest absolute Gasteiger partial charge is 0.266 e. The number of hydrogen-bond acceptors (Lipinski definition) is 3. The minimum atomic E-state index is -0.422. The molecule has 0 fully saturated rings. The fourth-order valence-corrected chi connectivity index (χ4v) is 3.14. The van der Waals surface area contributed by atoms with Gasteiger partial charge in [0.15, 0.2) is 5.78 Å². The zero-order valence-corrected chi connectivity index (χ0v) is 14.2. The minimum absolute atomic E-state index is 0.119. The Morgan fingerprint density at radius 2 is 1.35 bits per heavy atom. The maximum absolute atomic E-state index is 12.6. The van der Waals surface area contributed by atoms with Gasteiger partial charge in [-0.1, -0.05) is 41.9 Å². The second kappa shape index (κ2) is 6.24. The molecule has 0 bridgehead atoms. The van der Waals surface area contributed by atoms with Crippen molar-refractivity contribution in [3.05, 3.63) is 100 Å². The normalized spacial score (nSPS) is 13.0. The first-order valence-corrected chi connectivity index (χ1v) is 8.32. The molecule has 0 radical (unpaired) electrons. The fraction of sp³-hybridized carbons (Fsp3) is 0. The summed E-state index contributed by atoms with van der Waals surface area (Å²) in [5.41, 5.74) is 2.09. The number of benzene rings is 3. The van der Waals surface area contributed by atoms with Gasteiger partial charge in [-0.15, -0.1) is 0 Å². The van der Waals surface area contributed by atoms with Crippen LogP contribution >= 0.6 is 11.6 Å². The van der Waals surface area contributed by atoms with Crippen molar-refractivity contribution in [3.63, 3.8) is 0 Å². The van der Waals surface area contributed by atoms with E-state index in [1.165, 1.54) is 6.07 Å². The molecule has 0 unspecified atom stereocenters. The van der Waals surface area contributed by atoms with E-state index in [1.807, 2.05) is 6.07 Å². The third-order valence-electron chi connectivity index (χ3n) is 4.27. The Bertz CT molecular complexity index is 1040. The lowest BCUT2D eigenvalue weighted by molar-refractivity contribution is 0.0925. The first kappa shape index (κ1) is 16.2. The molecule has 0 aromatic heterocycles. The lowest BCUT2D eigenvalue weighted by Gasteiger charge is -2.14. The molecule has 0 spiro atoms. The molecule has 0 saturated heterocycles. The summed E-state index contributed by atoms with van der Waals surface area (Å²) >= 11 is 5.92. The third kappa shape index (κ3) is 2.61. The zero-order chi connectivity index (χ0) is 18.3. The molecule has 2 amide bonds. The maximum Gasteiger partial charge on any atom is 0.266 e. The topological polar surface area (TPSA) is 54.5 Å². The van der Waals surface area contributed by atoms with Gasteiger partial charge in [-0.2, -0.15) is 0 Å². The summed E-state index contributed by atoms with van der Waals surface area (Å²) in [6.07, 6.45) is 0. The number of carbonyl (C=O) groups excluding carboxylic acids is 3. The molecule has 3 aromatic carbocycles. The molecule has 3 aromatic rings. The molecular formula is C21H12ClNO3. The molecule has 0 aliphatic carbocycles. The van der Waals surface area contributed by atoms with Crippen molar-refractivity contribution in [1.82, 2.24) is 0 Å². The number of fused-ring (bicyclic) bond motifs is 1. The van der Waals surface area contributed by atoms with E-state index in [2.05, 4.69) is 0 Å². The number of ketones is 1. The molecule has 4 nitrogen and oxygen atoms in total. The maximum atomic E-state index is 12.6. The predicted molar refractivity (Wildman–Crippen MR) is 98.9 cm³/mol. The van der Waals surface area contributed by atoms with Gasteiger partial charge in [0.1, 0.15) is 0 Å². The van der Waals surface area contributed by atoms with E-state index in [1.54, 1.807) is 60.7 Å². The Morgan fingerprint density at radius 3 is 2.04 bits per heavy atom. The minimum Gasteiger partial charge on any atom is -0.289 e. The predicted octanol–water partition coefficient (Wildman–Crippen LogP) is 4.37. The molecule has 1 aliphatic heterocycles. The van der Waals surface area contributed by atoms with Crippen molar-refractivity contribution in [2.45, 2.75) is 0 Å². The summed E-state index contributed by atoms with van der Waals surface area (Å²) < 4.78 is 0. The number of anilines is 1. The molecule has 0 saturated carbocycles. The molecule has 1 heterocycles. The summed E-state index contributed by atoms with van der Waals surface area (Å²) in [4.78, 5) is 38.7. The van der Waals surface area contributed by atoms with Crippen LogP contribution in [0.2, 0.25) is 5.02 Å². The van der Waals surface area contributed by atoms with Crippen LogP contribution in [0, 0.1) is 0 Å². The van der Waals surface area contributed by atoms with Gasteiger partial charge in [-0.3, -0.25) is 14.4 Å². The Labute approximate surface area is 154 Å². The van der Waals surface area contributed by atoms with Gasteiger partial charge in [0.25, 0.3) is 11.8 Å². The third-order valence-corrected chi connectivity index (χ3v) is 4.51. The van der Waals surface area contributed by atoms with E-state index in [0.717, 1.165) is 4.90 Å². The SMILES string of the molecule is O=C(c1ccccc1)c1ccc(N2C(=O)c3ccc(Cl)cc3C2=O)cc1. The second-order valence-corrected chi connectivity index (χ2v) is 6.31. The largest absolute Gasteiger partial charge is 0.289 e. The number of carbonyl (C=O) groups is 3. The highest BCUT2D eigenvalue weighted by atomic mass is 35.5. The van der Waals surface area contributed by atoms with Crippen molar-refractivity contribution in [3.8, 4) is 0 Å². The highest BCUT2D eigenvalue weighted by molar-refractivity contribution is 6.36. The molecule has 26 heavy (non-hydrogen) atoms. The van der Waals surface area contributed by atoms with Crippen LogP contribution in [0.3, 0.4) is 0 Å². The van der Waals surface area contributed by atoms with Gasteiger partial charge in [0, 0.05) is 16.1 Å². The summed E-state index contributed by atoms with van der Waals surface area (Å²) in [5.74, 6) is -0.940. The van der Waals surface area contributed by atoms with E-state index >= 15 is 0 Å². The van der Waals surface area contributed by atoms with E-state index in [9.17, 15) is 14.4 Å². The molecule has 1 aliphatic rings. The molecule has 0 N–H and O–H groups in total. The average Bonchev–Trinajstić information content (AvgIpc) is 2.92. The summed E-state index contributed by atoms with van der Waals surface area (Å²) in [7, 11) is 0. The lowest BCUT2D eigenvalue weighted by atomic mass is 10.0. The van der Waals surface area contributed by atoms with Crippen LogP contribution in [0.1, 0.15) is 36.6 Å². The molecule has 4 rings (SSSR count). The summed E-state index contributed by atoms with van der Waals surface area (Å²) in [5, 5.41) is 0.399. The van der Waals surface area contributed by atoms with E-state index in [-0.39, 0.29) is 11.3 Å². The standard InChI is InChI=1S/C21H12ClNO3/c22-15-8-11-17-18(12-15)21(26)23(20(17)25)16-9-6-14(7-10-16)19(24)13-4-2-1-3-5-13/h1-12H. The number of halogens is 1. The van der Waals surface area contributed by atoms with Crippen molar-refractivity contribution in [2.24, 2.45) is 0 Å². The van der Waals surface area contributed by atoms with Crippen LogP contribution in [0.5, 0.6) is 0 Å². The van der Waals surface area contributed by atoms with Gasteiger partial charge >= 0.3 is 0 Å². The Morgan fingerprint density at radius 1 is 0.731 bits per heavy atom.